The molecule has 0 spiro atoms. The van der Waals surface area contributed by atoms with Crippen LogP contribution in [-0.4, -0.2) is 36.6 Å². The highest BCUT2D eigenvalue weighted by Crippen LogP contribution is 1.95. The topological polar surface area (TPSA) is 23.6 Å². The predicted octanol–water partition coefficient (Wildman–Crippen LogP) is 1.31. The average Bonchev–Trinajstić information content (AvgIpc) is 1.98. The summed E-state index contributed by atoms with van der Waals surface area (Å²) in [7, 11) is 3.69. The van der Waals surface area contributed by atoms with Crippen molar-refractivity contribution in [1.29, 1.82) is 0 Å². The van der Waals surface area contributed by atoms with Crippen molar-refractivity contribution in [3.8, 4) is 0 Å². The van der Waals surface area contributed by atoms with Gasteiger partial charge in [-0.05, 0) is 12.5 Å². The number of rotatable bonds is 4. The lowest BCUT2D eigenvalue weighted by Crippen LogP contribution is -2.41. The van der Waals surface area contributed by atoms with Crippen LogP contribution in [0.25, 0.3) is 0 Å². The first-order valence-corrected chi connectivity index (χ1v) is 3.74. The Hall–Kier alpha value is -0.540. The van der Waals surface area contributed by atoms with E-state index in [0.29, 0.717) is 0 Å². The van der Waals surface area contributed by atoms with Crippen LogP contribution >= 0.6 is 12.4 Å². The van der Waals surface area contributed by atoms with E-state index < -0.39 is 0 Å². The second-order valence-electron chi connectivity index (χ2n) is 2.51. The van der Waals surface area contributed by atoms with Gasteiger partial charge in [-0.15, -0.1) is 12.4 Å². The molecule has 0 N–H and O–H groups in total. The summed E-state index contributed by atoms with van der Waals surface area (Å²) >= 11 is 0. The van der Waals surface area contributed by atoms with Crippen LogP contribution in [0.3, 0.4) is 0 Å². The maximum absolute atomic E-state index is 11.1. The first-order chi connectivity index (χ1) is 5.13. The lowest BCUT2D eigenvalue weighted by molar-refractivity contribution is -0.138. The largest absolute Gasteiger partial charge is 0.272 e. The second-order valence-corrected chi connectivity index (χ2v) is 2.51. The third-order valence-electron chi connectivity index (χ3n) is 1.35. The molecule has 0 saturated heterocycles. The minimum Gasteiger partial charge on any atom is -0.272 e. The molecular formula is C8H17ClN2O. The van der Waals surface area contributed by atoms with Crippen LogP contribution in [0, 0.1) is 0 Å². The molecule has 0 saturated carbocycles. The molecule has 72 valence electrons. The van der Waals surface area contributed by atoms with Gasteiger partial charge in [-0.2, -0.15) is 0 Å². The molecule has 0 heterocycles. The molecule has 0 aliphatic rings. The van der Waals surface area contributed by atoms with Crippen molar-refractivity contribution in [2.45, 2.75) is 13.3 Å². The van der Waals surface area contributed by atoms with Gasteiger partial charge in [0, 0.05) is 20.6 Å². The molecule has 0 rings (SSSR count). The van der Waals surface area contributed by atoms with Gasteiger partial charge in [0.25, 0.3) is 5.91 Å². The summed E-state index contributed by atoms with van der Waals surface area (Å²) in [5.41, 5.74) is 0. The minimum atomic E-state index is -0.0446. The number of amides is 1. The van der Waals surface area contributed by atoms with Crippen molar-refractivity contribution in [2.24, 2.45) is 0 Å². The van der Waals surface area contributed by atoms with Crippen LogP contribution in [0.4, 0.5) is 0 Å². The molecule has 3 nitrogen and oxygen atoms in total. The number of carbonyl (C=O) groups excluding carboxylic acids is 1. The molecule has 0 radical (unpaired) electrons. The smallest absolute Gasteiger partial charge is 0.260 e. The van der Waals surface area contributed by atoms with E-state index in [9.17, 15) is 4.79 Å². The van der Waals surface area contributed by atoms with E-state index in [4.69, 9.17) is 0 Å². The maximum Gasteiger partial charge on any atom is 0.260 e. The van der Waals surface area contributed by atoms with Gasteiger partial charge in [-0.1, -0.05) is 13.5 Å². The molecule has 0 bridgehead atoms. The molecule has 12 heavy (non-hydrogen) atoms. The van der Waals surface area contributed by atoms with Crippen LogP contribution in [0.1, 0.15) is 13.3 Å². The van der Waals surface area contributed by atoms with E-state index in [2.05, 4.69) is 6.58 Å². The van der Waals surface area contributed by atoms with Gasteiger partial charge in [0.05, 0.1) is 0 Å². The van der Waals surface area contributed by atoms with Gasteiger partial charge >= 0.3 is 0 Å². The predicted molar refractivity (Wildman–Crippen MR) is 53.1 cm³/mol. The zero-order chi connectivity index (χ0) is 8.85. The van der Waals surface area contributed by atoms with Crippen LogP contribution in [0.15, 0.2) is 12.7 Å². The van der Waals surface area contributed by atoms with E-state index in [1.165, 1.54) is 6.08 Å². The number of hydrogen-bond acceptors (Lipinski definition) is 2. The molecule has 1 amide bonds. The third-order valence-corrected chi connectivity index (χ3v) is 1.35. The van der Waals surface area contributed by atoms with Crippen molar-refractivity contribution in [3.05, 3.63) is 12.7 Å². The summed E-state index contributed by atoms with van der Waals surface area (Å²) in [6.07, 6.45) is 2.29. The summed E-state index contributed by atoms with van der Waals surface area (Å²) in [5.74, 6) is -0.0446. The normalized spacial score (nSPS) is 9.00. The number of hydrazine groups is 1. The molecule has 0 aromatic rings. The van der Waals surface area contributed by atoms with Crippen LogP contribution < -0.4 is 0 Å². The summed E-state index contributed by atoms with van der Waals surface area (Å²) in [5, 5.41) is 3.42. The summed E-state index contributed by atoms with van der Waals surface area (Å²) < 4.78 is 0. The second kappa shape index (κ2) is 7.13. The Kier molecular flexibility index (Phi) is 8.32. The zero-order valence-corrected chi connectivity index (χ0v) is 8.73. The Morgan fingerprint density at radius 3 is 2.25 bits per heavy atom. The molecule has 0 atom stereocenters. The third kappa shape index (κ3) is 4.36. The molecule has 0 aliphatic carbocycles. The molecule has 0 unspecified atom stereocenters. The van der Waals surface area contributed by atoms with Crippen LogP contribution in [0.5, 0.6) is 0 Å². The number of halogens is 1. The van der Waals surface area contributed by atoms with Gasteiger partial charge in [0.2, 0.25) is 0 Å². The molecule has 0 aromatic heterocycles. The van der Waals surface area contributed by atoms with Gasteiger partial charge in [0.1, 0.15) is 0 Å². The highest BCUT2D eigenvalue weighted by Gasteiger charge is 2.09. The molecular weight excluding hydrogens is 176 g/mol. The van der Waals surface area contributed by atoms with Crippen molar-refractivity contribution in [3.63, 3.8) is 0 Å². The first-order valence-electron chi connectivity index (χ1n) is 3.74. The first kappa shape index (κ1) is 14.0. The van der Waals surface area contributed by atoms with Gasteiger partial charge in [-0.25, -0.2) is 5.01 Å². The van der Waals surface area contributed by atoms with Gasteiger partial charge < -0.3 is 0 Å². The van der Waals surface area contributed by atoms with E-state index in [-0.39, 0.29) is 18.3 Å². The van der Waals surface area contributed by atoms with Crippen LogP contribution in [0.2, 0.25) is 0 Å². The highest BCUT2D eigenvalue weighted by atomic mass is 35.5. The number of hydrogen-bond donors (Lipinski definition) is 0. The molecule has 4 heteroatoms. The summed E-state index contributed by atoms with van der Waals surface area (Å²) in [6, 6.07) is 0. The van der Waals surface area contributed by atoms with Crippen LogP contribution in [-0.2, 0) is 4.79 Å². The number of nitrogens with zero attached hydrogens (tertiary/aromatic N) is 2. The zero-order valence-electron chi connectivity index (χ0n) is 7.91. The Morgan fingerprint density at radius 1 is 1.50 bits per heavy atom. The SMILES string of the molecule is C=CC(=O)N(CCC)N(C)C.Cl. The minimum absolute atomic E-state index is 0. The van der Waals surface area contributed by atoms with E-state index in [1.807, 2.05) is 21.0 Å². The molecule has 0 aliphatic heterocycles. The standard InChI is InChI=1S/C8H16N2O.ClH/c1-5-7-10(9(3)4)8(11)6-2;/h6H,2,5,7H2,1,3-4H3;1H. The fourth-order valence-electron chi connectivity index (χ4n) is 0.824. The Balaban J connectivity index is 0. The summed E-state index contributed by atoms with van der Waals surface area (Å²) in [4.78, 5) is 11.1. The van der Waals surface area contributed by atoms with Crippen molar-refractivity contribution >= 4 is 18.3 Å². The fourth-order valence-corrected chi connectivity index (χ4v) is 0.824. The van der Waals surface area contributed by atoms with E-state index >= 15 is 0 Å². The average molecular weight is 193 g/mol. The summed E-state index contributed by atoms with van der Waals surface area (Å²) in [6.45, 7) is 6.21. The lowest BCUT2D eigenvalue weighted by Gasteiger charge is -2.27. The Morgan fingerprint density at radius 2 is 2.00 bits per heavy atom. The van der Waals surface area contributed by atoms with E-state index in [0.717, 1.165) is 13.0 Å². The fraction of sp³-hybridized carbons (Fsp3) is 0.625. The Labute approximate surface area is 80.4 Å². The van der Waals surface area contributed by atoms with Crippen molar-refractivity contribution < 1.29 is 4.79 Å². The van der Waals surface area contributed by atoms with E-state index in [1.54, 1.807) is 10.0 Å². The lowest BCUT2D eigenvalue weighted by atomic mass is 10.4. The quantitative estimate of drug-likeness (QED) is 0.496. The number of carbonyl (C=O) groups is 1. The Bertz CT molecular complexity index is 148. The van der Waals surface area contributed by atoms with Crippen molar-refractivity contribution in [1.82, 2.24) is 10.0 Å². The monoisotopic (exact) mass is 192 g/mol. The maximum atomic E-state index is 11.1. The molecule has 0 aromatic carbocycles. The molecule has 0 fully saturated rings. The highest BCUT2D eigenvalue weighted by molar-refractivity contribution is 5.86. The van der Waals surface area contributed by atoms with Crippen molar-refractivity contribution in [2.75, 3.05) is 20.6 Å². The van der Waals surface area contributed by atoms with Gasteiger partial charge in [0.15, 0.2) is 0 Å². The van der Waals surface area contributed by atoms with Gasteiger partial charge in [-0.3, -0.25) is 9.80 Å².